The molecule has 0 aromatic heterocycles. The number of hydrogen-bond donors (Lipinski definition) is 0. The molecule has 0 bridgehead atoms. The van der Waals surface area contributed by atoms with Gasteiger partial charge in [-0.25, -0.2) is 0 Å². The van der Waals surface area contributed by atoms with Gasteiger partial charge in [0.2, 0.25) is 0 Å². The molecule has 22 heavy (non-hydrogen) atoms. The van der Waals surface area contributed by atoms with Gasteiger partial charge in [0, 0.05) is 0 Å². The van der Waals surface area contributed by atoms with Crippen LogP contribution in [0.4, 0.5) is 0 Å². The Kier molecular flexibility index (Phi) is 5.15. The van der Waals surface area contributed by atoms with Crippen LogP contribution in [0.15, 0.2) is 48.5 Å². The number of benzene rings is 2. The molecule has 0 N–H and O–H groups in total. The van der Waals surface area contributed by atoms with Gasteiger partial charge < -0.3 is 4.74 Å². The second-order valence-corrected chi connectivity index (χ2v) is 6.33. The fourth-order valence-electron chi connectivity index (χ4n) is 3.35. The van der Waals surface area contributed by atoms with Gasteiger partial charge in [0.15, 0.2) is 0 Å². The van der Waals surface area contributed by atoms with Crippen molar-refractivity contribution in [3.05, 3.63) is 54.1 Å². The monoisotopic (exact) mass is 294 g/mol. The predicted octanol–water partition coefficient (Wildman–Crippen LogP) is 6.19. The standard InChI is InChI=1S/C21H26O/c1-2-16-22-21-14-12-20(13-15-21)19-10-8-18(9-11-19)17-6-4-3-5-7-17/h8-15,17H,2-7,16H2,1H3. The van der Waals surface area contributed by atoms with E-state index in [4.69, 9.17) is 4.74 Å². The van der Waals surface area contributed by atoms with Crippen LogP contribution in [0.1, 0.15) is 56.9 Å². The minimum Gasteiger partial charge on any atom is -0.494 e. The first-order chi connectivity index (χ1) is 10.9. The smallest absolute Gasteiger partial charge is 0.119 e. The summed E-state index contributed by atoms with van der Waals surface area (Å²) in [7, 11) is 0. The summed E-state index contributed by atoms with van der Waals surface area (Å²) in [6, 6.07) is 17.6. The number of rotatable bonds is 5. The molecule has 2 aromatic rings. The van der Waals surface area contributed by atoms with Gasteiger partial charge >= 0.3 is 0 Å². The summed E-state index contributed by atoms with van der Waals surface area (Å²) in [5, 5.41) is 0. The van der Waals surface area contributed by atoms with E-state index in [0.29, 0.717) is 0 Å². The molecule has 1 aliphatic rings. The van der Waals surface area contributed by atoms with Crippen molar-refractivity contribution in [2.75, 3.05) is 6.61 Å². The third-order valence-corrected chi connectivity index (χ3v) is 4.65. The van der Waals surface area contributed by atoms with E-state index < -0.39 is 0 Å². The quantitative estimate of drug-likeness (QED) is 0.639. The minimum atomic E-state index is 0.785. The number of hydrogen-bond acceptors (Lipinski definition) is 1. The molecule has 0 aliphatic heterocycles. The van der Waals surface area contributed by atoms with Crippen LogP contribution in [0.5, 0.6) is 5.75 Å². The molecule has 0 amide bonds. The topological polar surface area (TPSA) is 9.23 Å². The molecule has 2 aromatic carbocycles. The van der Waals surface area contributed by atoms with Crippen molar-refractivity contribution in [2.45, 2.75) is 51.4 Å². The summed E-state index contributed by atoms with van der Waals surface area (Å²) in [6.07, 6.45) is 7.98. The van der Waals surface area contributed by atoms with Crippen LogP contribution < -0.4 is 4.74 Å². The molecule has 3 rings (SSSR count). The largest absolute Gasteiger partial charge is 0.494 e. The van der Waals surface area contributed by atoms with E-state index in [1.807, 2.05) is 0 Å². The molecule has 0 spiro atoms. The normalized spacial score (nSPS) is 15.7. The van der Waals surface area contributed by atoms with Crippen molar-refractivity contribution in [3.8, 4) is 16.9 Å². The molecule has 0 radical (unpaired) electrons. The van der Waals surface area contributed by atoms with Gasteiger partial charge in [-0.3, -0.25) is 0 Å². The van der Waals surface area contributed by atoms with Crippen molar-refractivity contribution < 1.29 is 4.74 Å². The highest BCUT2D eigenvalue weighted by molar-refractivity contribution is 5.64. The van der Waals surface area contributed by atoms with E-state index in [1.165, 1.54) is 48.8 Å². The molecule has 0 unspecified atom stereocenters. The second kappa shape index (κ2) is 7.49. The van der Waals surface area contributed by atoms with E-state index >= 15 is 0 Å². The summed E-state index contributed by atoms with van der Waals surface area (Å²) in [5.41, 5.74) is 4.08. The molecule has 0 heterocycles. The van der Waals surface area contributed by atoms with Crippen LogP contribution in [0, 0.1) is 0 Å². The van der Waals surface area contributed by atoms with Gasteiger partial charge in [-0.2, -0.15) is 0 Å². The maximum absolute atomic E-state index is 5.64. The zero-order valence-corrected chi connectivity index (χ0v) is 13.6. The van der Waals surface area contributed by atoms with E-state index in [-0.39, 0.29) is 0 Å². The van der Waals surface area contributed by atoms with E-state index in [1.54, 1.807) is 0 Å². The van der Waals surface area contributed by atoms with E-state index in [2.05, 4.69) is 55.5 Å². The molecule has 0 saturated heterocycles. The lowest BCUT2D eigenvalue weighted by Crippen LogP contribution is -2.04. The molecule has 1 aliphatic carbocycles. The molecule has 0 atom stereocenters. The Morgan fingerprint density at radius 1 is 0.818 bits per heavy atom. The summed E-state index contributed by atoms with van der Waals surface area (Å²) < 4.78 is 5.64. The molecular weight excluding hydrogens is 268 g/mol. The minimum absolute atomic E-state index is 0.785. The Hall–Kier alpha value is -1.76. The SMILES string of the molecule is CCCOc1ccc(-c2ccc(C3CCCCC3)cc2)cc1. The van der Waals surface area contributed by atoms with Crippen molar-refractivity contribution in [1.29, 1.82) is 0 Å². The Labute approximate surface area is 134 Å². The molecule has 1 saturated carbocycles. The molecule has 1 heteroatoms. The van der Waals surface area contributed by atoms with Crippen molar-refractivity contribution in [2.24, 2.45) is 0 Å². The maximum atomic E-state index is 5.64. The second-order valence-electron chi connectivity index (χ2n) is 6.33. The van der Waals surface area contributed by atoms with Crippen LogP contribution in [0.25, 0.3) is 11.1 Å². The van der Waals surface area contributed by atoms with Crippen LogP contribution in [-0.2, 0) is 0 Å². The molecular formula is C21H26O. The van der Waals surface area contributed by atoms with Crippen LogP contribution in [0.2, 0.25) is 0 Å². The van der Waals surface area contributed by atoms with Crippen molar-refractivity contribution >= 4 is 0 Å². The van der Waals surface area contributed by atoms with Crippen LogP contribution in [0.3, 0.4) is 0 Å². The zero-order valence-electron chi connectivity index (χ0n) is 13.6. The lowest BCUT2D eigenvalue weighted by atomic mass is 9.84. The first kappa shape index (κ1) is 15.1. The van der Waals surface area contributed by atoms with Crippen LogP contribution >= 0.6 is 0 Å². The fourth-order valence-corrected chi connectivity index (χ4v) is 3.35. The molecule has 1 fully saturated rings. The van der Waals surface area contributed by atoms with E-state index in [9.17, 15) is 0 Å². The summed E-state index contributed by atoms with van der Waals surface area (Å²) in [5.74, 6) is 1.75. The Morgan fingerprint density at radius 3 is 2.00 bits per heavy atom. The summed E-state index contributed by atoms with van der Waals surface area (Å²) in [4.78, 5) is 0. The first-order valence-electron chi connectivity index (χ1n) is 8.70. The highest BCUT2D eigenvalue weighted by atomic mass is 16.5. The highest BCUT2D eigenvalue weighted by Gasteiger charge is 2.15. The van der Waals surface area contributed by atoms with Gasteiger partial charge in [-0.15, -0.1) is 0 Å². The third kappa shape index (κ3) is 3.71. The van der Waals surface area contributed by atoms with Gasteiger partial charge in [-0.05, 0) is 54.0 Å². The highest BCUT2D eigenvalue weighted by Crippen LogP contribution is 2.33. The van der Waals surface area contributed by atoms with Gasteiger partial charge in [0.25, 0.3) is 0 Å². The van der Waals surface area contributed by atoms with Crippen molar-refractivity contribution in [3.63, 3.8) is 0 Å². The molecule has 1 nitrogen and oxygen atoms in total. The Balaban J connectivity index is 1.69. The lowest BCUT2D eigenvalue weighted by molar-refractivity contribution is 0.317. The number of ether oxygens (including phenoxy) is 1. The maximum Gasteiger partial charge on any atom is 0.119 e. The predicted molar refractivity (Wildman–Crippen MR) is 93.5 cm³/mol. The van der Waals surface area contributed by atoms with Gasteiger partial charge in [-0.1, -0.05) is 62.6 Å². The van der Waals surface area contributed by atoms with Gasteiger partial charge in [0.1, 0.15) is 5.75 Å². The lowest BCUT2D eigenvalue weighted by Gasteiger charge is -2.22. The average Bonchev–Trinajstić information content (AvgIpc) is 2.61. The summed E-state index contributed by atoms with van der Waals surface area (Å²) >= 11 is 0. The van der Waals surface area contributed by atoms with E-state index in [0.717, 1.165) is 24.7 Å². The van der Waals surface area contributed by atoms with Crippen molar-refractivity contribution in [1.82, 2.24) is 0 Å². The Bertz CT molecular complexity index is 562. The molecule has 116 valence electrons. The zero-order chi connectivity index (χ0) is 15.2. The summed E-state index contributed by atoms with van der Waals surface area (Å²) in [6.45, 7) is 2.91. The first-order valence-corrected chi connectivity index (χ1v) is 8.70. The fraction of sp³-hybridized carbons (Fsp3) is 0.429. The van der Waals surface area contributed by atoms with Crippen LogP contribution in [-0.4, -0.2) is 6.61 Å². The third-order valence-electron chi connectivity index (χ3n) is 4.65. The Morgan fingerprint density at radius 2 is 1.41 bits per heavy atom. The van der Waals surface area contributed by atoms with Gasteiger partial charge in [0.05, 0.1) is 6.61 Å². The average molecular weight is 294 g/mol.